The van der Waals surface area contributed by atoms with Gasteiger partial charge in [-0.3, -0.25) is 14.3 Å². The lowest BCUT2D eigenvalue weighted by atomic mass is 10.1. The van der Waals surface area contributed by atoms with Crippen molar-refractivity contribution < 1.29 is 14.0 Å². The van der Waals surface area contributed by atoms with Gasteiger partial charge in [0, 0.05) is 13.1 Å². The molecule has 24 heavy (non-hydrogen) atoms. The predicted molar refractivity (Wildman–Crippen MR) is 84.4 cm³/mol. The van der Waals surface area contributed by atoms with Crippen LogP contribution in [0.2, 0.25) is 0 Å². The third kappa shape index (κ3) is 2.14. The van der Waals surface area contributed by atoms with Gasteiger partial charge in [-0.2, -0.15) is 0 Å². The molecule has 0 atom stereocenters. The highest BCUT2D eigenvalue weighted by molar-refractivity contribution is 5.97. The zero-order chi connectivity index (χ0) is 16.8. The Hall–Kier alpha value is -2.90. The minimum atomic E-state index is -0.650. The van der Waals surface area contributed by atoms with E-state index in [9.17, 15) is 14.0 Å². The van der Waals surface area contributed by atoms with Gasteiger partial charge in [-0.05, 0) is 31.0 Å². The number of hydrogen-bond donors (Lipinski definition) is 1. The standard InChI is InChI=1S/C16H16FN5O2/c17-10-3-4-11-12(7-10)21(16(24)20-5-1-2-6-20)8-13-14(15(18)23)19-9-22(11)13/h3-4,7,9H,1-2,5-6,8H2,(H2,18,23). The van der Waals surface area contributed by atoms with Crippen LogP contribution in [0.25, 0.3) is 5.69 Å². The Kier molecular flexibility index (Phi) is 3.26. The molecule has 2 aromatic rings. The zero-order valence-corrected chi connectivity index (χ0v) is 12.9. The van der Waals surface area contributed by atoms with Crippen LogP contribution >= 0.6 is 0 Å². The summed E-state index contributed by atoms with van der Waals surface area (Å²) in [5.74, 6) is -1.07. The minimum absolute atomic E-state index is 0.129. The number of fused-ring (bicyclic) bond motifs is 3. The van der Waals surface area contributed by atoms with E-state index in [1.165, 1.54) is 23.4 Å². The summed E-state index contributed by atoms with van der Waals surface area (Å²) in [6.45, 7) is 1.49. The van der Waals surface area contributed by atoms with Gasteiger partial charge in [0.1, 0.15) is 12.1 Å². The fourth-order valence-corrected chi connectivity index (χ4v) is 3.34. The molecule has 4 rings (SSSR count). The average molecular weight is 329 g/mol. The van der Waals surface area contributed by atoms with E-state index in [0.29, 0.717) is 30.2 Å². The molecule has 8 heteroatoms. The Labute approximate surface area is 137 Å². The van der Waals surface area contributed by atoms with Gasteiger partial charge in [-0.25, -0.2) is 14.2 Å². The molecule has 1 aromatic carbocycles. The first-order valence-electron chi connectivity index (χ1n) is 7.78. The Morgan fingerprint density at radius 1 is 1.17 bits per heavy atom. The maximum Gasteiger partial charge on any atom is 0.324 e. The molecule has 2 aliphatic rings. The van der Waals surface area contributed by atoms with Crippen LogP contribution in [0.3, 0.4) is 0 Å². The number of benzene rings is 1. The van der Waals surface area contributed by atoms with Crippen molar-refractivity contribution >= 4 is 17.6 Å². The number of anilines is 1. The molecule has 1 saturated heterocycles. The fourth-order valence-electron chi connectivity index (χ4n) is 3.34. The maximum atomic E-state index is 13.8. The number of nitrogens with two attached hydrogens (primary N) is 1. The Morgan fingerprint density at radius 3 is 2.62 bits per heavy atom. The molecule has 0 aliphatic carbocycles. The first-order chi connectivity index (χ1) is 11.6. The number of carbonyl (C=O) groups is 2. The highest BCUT2D eigenvalue weighted by atomic mass is 19.1. The molecule has 1 aromatic heterocycles. The first-order valence-corrected chi connectivity index (χ1v) is 7.78. The zero-order valence-electron chi connectivity index (χ0n) is 12.9. The van der Waals surface area contributed by atoms with Crippen LogP contribution in [0.15, 0.2) is 24.5 Å². The van der Waals surface area contributed by atoms with Crippen LogP contribution in [0.4, 0.5) is 14.9 Å². The van der Waals surface area contributed by atoms with Crippen LogP contribution < -0.4 is 10.6 Å². The van der Waals surface area contributed by atoms with Crippen molar-refractivity contribution in [3.63, 3.8) is 0 Å². The van der Waals surface area contributed by atoms with E-state index in [1.807, 2.05) is 0 Å². The third-order valence-electron chi connectivity index (χ3n) is 4.50. The Morgan fingerprint density at radius 2 is 1.92 bits per heavy atom. The molecule has 0 radical (unpaired) electrons. The van der Waals surface area contributed by atoms with Crippen molar-refractivity contribution in [2.45, 2.75) is 19.4 Å². The van der Waals surface area contributed by atoms with Crippen LogP contribution in [-0.2, 0) is 6.54 Å². The monoisotopic (exact) mass is 329 g/mol. The average Bonchev–Trinajstić information content (AvgIpc) is 3.22. The van der Waals surface area contributed by atoms with E-state index in [4.69, 9.17) is 5.73 Å². The second-order valence-electron chi connectivity index (χ2n) is 5.97. The van der Waals surface area contributed by atoms with Crippen molar-refractivity contribution in [3.8, 4) is 5.69 Å². The number of carbonyl (C=O) groups excluding carboxylic acids is 2. The smallest absolute Gasteiger partial charge is 0.324 e. The summed E-state index contributed by atoms with van der Waals surface area (Å²) in [6.07, 6.45) is 3.39. The van der Waals surface area contributed by atoms with Crippen molar-refractivity contribution in [2.75, 3.05) is 18.0 Å². The van der Waals surface area contributed by atoms with E-state index >= 15 is 0 Å². The summed E-state index contributed by atoms with van der Waals surface area (Å²) in [4.78, 5) is 31.8. The summed E-state index contributed by atoms with van der Waals surface area (Å²) in [6, 6.07) is 4.03. The molecule has 0 unspecified atom stereocenters. The number of urea groups is 1. The highest BCUT2D eigenvalue weighted by Gasteiger charge is 2.33. The lowest BCUT2D eigenvalue weighted by Gasteiger charge is -2.33. The molecule has 2 N–H and O–H groups in total. The Balaban J connectivity index is 1.84. The second kappa shape index (κ2) is 5.33. The van der Waals surface area contributed by atoms with E-state index in [1.54, 1.807) is 15.5 Å². The largest absolute Gasteiger partial charge is 0.364 e. The number of amides is 3. The summed E-state index contributed by atoms with van der Waals surface area (Å²) >= 11 is 0. The molecule has 0 saturated carbocycles. The number of nitrogens with zero attached hydrogens (tertiary/aromatic N) is 4. The molecule has 7 nitrogen and oxygen atoms in total. The van der Waals surface area contributed by atoms with Crippen molar-refractivity contribution in [1.82, 2.24) is 14.5 Å². The highest BCUT2D eigenvalue weighted by Crippen LogP contribution is 2.34. The number of halogens is 1. The number of aromatic nitrogens is 2. The molecule has 3 amide bonds. The molecule has 0 bridgehead atoms. The van der Waals surface area contributed by atoms with Gasteiger partial charge in [-0.15, -0.1) is 0 Å². The maximum absolute atomic E-state index is 13.8. The minimum Gasteiger partial charge on any atom is -0.364 e. The van der Waals surface area contributed by atoms with Crippen molar-refractivity contribution in [3.05, 3.63) is 41.7 Å². The van der Waals surface area contributed by atoms with Crippen LogP contribution in [-0.4, -0.2) is 39.5 Å². The van der Waals surface area contributed by atoms with E-state index < -0.39 is 11.7 Å². The predicted octanol–water partition coefficient (Wildman–Crippen LogP) is 1.65. The normalized spacial score (nSPS) is 16.0. The van der Waals surface area contributed by atoms with E-state index in [2.05, 4.69) is 4.98 Å². The SMILES string of the molecule is NC(=O)c1ncn2c1CN(C(=O)N1CCCC1)c1cc(F)ccc1-2. The topological polar surface area (TPSA) is 84.5 Å². The molecular formula is C16H16FN5O2. The van der Waals surface area contributed by atoms with E-state index in [-0.39, 0.29) is 18.3 Å². The van der Waals surface area contributed by atoms with Crippen molar-refractivity contribution in [1.29, 1.82) is 0 Å². The van der Waals surface area contributed by atoms with Gasteiger partial charge in [0.15, 0.2) is 5.69 Å². The van der Waals surface area contributed by atoms with Gasteiger partial charge in [0.05, 0.1) is 23.6 Å². The summed E-state index contributed by atoms with van der Waals surface area (Å²) in [5.41, 5.74) is 7.11. The third-order valence-corrected chi connectivity index (χ3v) is 4.50. The molecule has 1 fully saturated rings. The number of hydrogen-bond acceptors (Lipinski definition) is 3. The molecule has 124 valence electrons. The van der Waals surface area contributed by atoms with Gasteiger partial charge in [0.25, 0.3) is 5.91 Å². The number of rotatable bonds is 1. The lowest BCUT2D eigenvalue weighted by Crippen LogP contribution is -2.44. The van der Waals surface area contributed by atoms with Crippen LogP contribution in [0, 0.1) is 5.82 Å². The van der Waals surface area contributed by atoms with Crippen LogP contribution in [0.5, 0.6) is 0 Å². The number of likely N-dealkylation sites (tertiary alicyclic amines) is 1. The quantitative estimate of drug-likeness (QED) is 0.863. The van der Waals surface area contributed by atoms with Gasteiger partial charge >= 0.3 is 6.03 Å². The van der Waals surface area contributed by atoms with Crippen molar-refractivity contribution in [2.24, 2.45) is 5.73 Å². The van der Waals surface area contributed by atoms with Gasteiger partial charge in [0.2, 0.25) is 0 Å². The van der Waals surface area contributed by atoms with E-state index in [0.717, 1.165) is 12.8 Å². The first kappa shape index (κ1) is 14.7. The Bertz CT molecular complexity index is 841. The lowest BCUT2D eigenvalue weighted by molar-refractivity contribution is 0.0995. The molecular weight excluding hydrogens is 313 g/mol. The summed E-state index contributed by atoms with van der Waals surface area (Å²) < 4.78 is 15.5. The fraction of sp³-hybridized carbons (Fsp3) is 0.312. The summed E-state index contributed by atoms with van der Waals surface area (Å²) in [5, 5.41) is 0. The summed E-state index contributed by atoms with van der Waals surface area (Å²) in [7, 11) is 0. The molecule has 2 aliphatic heterocycles. The number of primary amides is 1. The second-order valence-corrected chi connectivity index (χ2v) is 5.97. The molecule has 0 spiro atoms. The van der Waals surface area contributed by atoms with Gasteiger partial charge in [-0.1, -0.05) is 0 Å². The van der Waals surface area contributed by atoms with Crippen LogP contribution in [0.1, 0.15) is 29.0 Å². The molecule has 3 heterocycles. The van der Waals surface area contributed by atoms with Gasteiger partial charge < -0.3 is 10.6 Å². The number of imidazole rings is 1.